The van der Waals surface area contributed by atoms with E-state index in [9.17, 15) is 9.90 Å². The van der Waals surface area contributed by atoms with Gasteiger partial charge in [0.2, 0.25) is 5.91 Å². The maximum absolute atomic E-state index is 13.5. The number of nitrogens with zero attached hydrogens (tertiary/aromatic N) is 2. The van der Waals surface area contributed by atoms with Crippen molar-refractivity contribution in [2.75, 3.05) is 46.0 Å². The lowest BCUT2D eigenvalue weighted by molar-refractivity contribution is -0.136. The maximum atomic E-state index is 13.5. The molecule has 0 saturated carbocycles. The van der Waals surface area contributed by atoms with Crippen molar-refractivity contribution in [1.82, 2.24) is 9.80 Å². The molecule has 0 aliphatic carbocycles. The van der Waals surface area contributed by atoms with Gasteiger partial charge in [-0.1, -0.05) is 32.1 Å². The molecule has 1 aliphatic rings. The van der Waals surface area contributed by atoms with Crippen molar-refractivity contribution in [1.29, 1.82) is 0 Å². The molecule has 0 spiro atoms. The van der Waals surface area contributed by atoms with E-state index in [4.69, 9.17) is 9.47 Å². The number of ether oxygens (including phenoxy) is 2. The third-order valence-corrected chi connectivity index (χ3v) is 6.79. The Balaban J connectivity index is 1.65. The fourth-order valence-corrected chi connectivity index (χ4v) is 5.14. The number of thiophene rings is 1. The summed E-state index contributed by atoms with van der Waals surface area (Å²) < 4.78 is 11.7. The molecule has 0 fully saturated rings. The van der Waals surface area contributed by atoms with E-state index in [2.05, 4.69) is 31.9 Å². The summed E-state index contributed by atoms with van der Waals surface area (Å²) in [6.45, 7) is 13.0. The number of aryl methyl sites for hydroxylation is 1. The van der Waals surface area contributed by atoms with Crippen LogP contribution < -0.4 is 4.74 Å². The average Bonchev–Trinajstić information content (AvgIpc) is 3.26. The second kappa shape index (κ2) is 13.0. The van der Waals surface area contributed by atoms with Gasteiger partial charge in [-0.2, -0.15) is 0 Å². The van der Waals surface area contributed by atoms with Gasteiger partial charge in [0.05, 0.1) is 25.3 Å². The number of aliphatic hydroxyl groups is 1. The lowest BCUT2D eigenvalue weighted by Crippen LogP contribution is -2.48. The minimum Gasteiger partial charge on any atom is -0.491 e. The molecule has 3 rings (SSSR count). The second-order valence-corrected chi connectivity index (χ2v) is 10.3. The maximum Gasteiger partial charge on any atom is 0.237 e. The van der Waals surface area contributed by atoms with Crippen LogP contribution in [0.4, 0.5) is 0 Å². The van der Waals surface area contributed by atoms with Gasteiger partial charge in [-0.15, -0.1) is 17.9 Å². The predicted molar refractivity (Wildman–Crippen MR) is 137 cm³/mol. The Labute approximate surface area is 207 Å². The van der Waals surface area contributed by atoms with Gasteiger partial charge in [0.1, 0.15) is 12.4 Å². The molecule has 0 saturated heterocycles. The molecule has 1 amide bonds. The summed E-state index contributed by atoms with van der Waals surface area (Å²) in [5, 5.41) is 12.5. The normalized spacial score (nSPS) is 16.5. The highest BCUT2D eigenvalue weighted by Gasteiger charge is 2.33. The van der Waals surface area contributed by atoms with E-state index in [0.29, 0.717) is 38.8 Å². The summed E-state index contributed by atoms with van der Waals surface area (Å²) in [6.07, 6.45) is 1.96. The van der Waals surface area contributed by atoms with Crippen LogP contribution in [0.25, 0.3) is 0 Å². The molecular weight excluding hydrogens is 448 g/mol. The van der Waals surface area contributed by atoms with Crippen LogP contribution in [0.15, 0.2) is 48.4 Å². The van der Waals surface area contributed by atoms with Crippen LogP contribution in [-0.2, 0) is 16.0 Å². The van der Waals surface area contributed by atoms with E-state index >= 15 is 0 Å². The summed E-state index contributed by atoms with van der Waals surface area (Å²) in [7, 11) is 0. The Morgan fingerprint density at radius 1 is 1.35 bits per heavy atom. The zero-order valence-electron chi connectivity index (χ0n) is 20.6. The molecule has 6 nitrogen and oxygen atoms in total. The quantitative estimate of drug-likeness (QED) is 0.432. The monoisotopic (exact) mass is 486 g/mol. The number of aliphatic hydroxyl groups excluding tert-OH is 1. The number of rotatable bonds is 13. The van der Waals surface area contributed by atoms with Crippen molar-refractivity contribution in [2.24, 2.45) is 5.92 Å². The standard InChI is InChI=1S/C27H38N2O4S/c1-5-11-28(15-22(30)18-32-17-20(2)3)16-27(31)29-12-9-26-24(10-13-34-26)25(29)19-33-23-8-6-7-21(4)14-23/h5-8,10,13-14,20,22,25,30H,1,9,11-12,15-19H2,2-4H3. The van der Waals surface area contributed by atoms with Crippen LogP contribution in [0.2, 0.25) is 0 Å². The van der Waals surface area contributed by atoms with Crippen molar-refractivity contribution in [3.05, 3.63) is 64.4 Å². The molecule has 186 valence electrons. The summed E-state index contributed by atoms with van der Waals surface area (Å²) in [5.74, 6) is 1.26. The Kier molecular flexibility index (Phi) is 10.1. The number of hydrogen-bond donors (Lipinski definition) is 1. The number of carbonyl (C=O) groups is 1. The molecule has 0 bridgehead atoms. The molecule has 2 aromatic rings. The van der Waals surface area contributed by atoms with E-state index in [-0.39, 0.29) is 25.1 Å². The summed E-state index contributed by atoms with van der Waals surface area (Å²) in [4.78, 5) is 18.6. The molecule has 1 aromatic carbocycles. The molecular formula is C27H38N2O4S. The summed E-state index contributed by atoms with van der Waals surface area (Å²) in [5.41, 5.74) is 2.32. The van der Waals surface area contributed by atoms with Crippen molar-refractivity contribution in [3.63, 3.8) is 0 Å². The molecule has 34 heavy (non-hydrogen) atoms. The predicted octanol–water partition coefficient (Wildman–Crippen LogP) is 4.08. The molecule has 2 heterocycles. The average molecular weight is 487 g/mol. The molecule has 2 unspecified atom stereocenters. The van der Waals surface area contributed by atoms with Gasteiger partial charge in [0.25, 0.3) is 0 Å². The van der Waals surface area contributed by atoms with Crippen LogP contribution in [0.5, 0.6) is 5.75 Å². The summed E-state index contributed by atoms with van der Waals surface area (Å²) >= 11 is 1.74. The Bertz CT molecular complexity index is 929. The molecule has 1 aliphatic heterocycles. The minimum absolute atomic E-state index is 0.0341. The highest BCUT2D eigenvalue weighted by molar-refractivity contribution is 7.10. The van der Waals surface area contributed by atoms with Gasteiger partial charge < -0.3 is 19.5 Å². The van der Waals surface area contributed by atoms with E-state index < -0.39 is 6.10 Å². The van der Waals surface area contributed by atoms with Crippen LogP contribution in [0.1, 0.15) is 35.9 Å². The largest absolute Gasteiger partial charge is 0.491 e. The van der Waals surface area contributed by atoms with Crippen LogP contribution in [0, 0.1) is 12.8 Å². The third kappa shape index (κ3) is 7.67. The van der Waals surface area contributed by atoms with Crippen LogP contribution >= 0.6 is 11.3 Å². The fraction of sp³-hybridized carbons (Fsp3) is 0.519. The molecule has 1 aromatic heterocycles. The van der Waals surface area contributed by atoms with Crippen molar-refractivity contribution < 1.29 is 19.4 Å². The van der Waals surface area contributed by atoms with Crippen molar-refractivity contribution in [2.45, 2.75) is 39.3 Å². The Hall–Kier alpha value is -2.19. The van der Waals surface area contributed by atoms with E-state index in [1.54, 1.807) is 17.4 Å². The smallest absolute Gasteiger partial charge is 0.237 e. The first-order chi connectivity index (χ1) is 16.4. The highest BCUT2D eigenvalue weighted by Crippen LogP contribution is 2.34. The third-order valence-electron chi connectivity index (χ3n) is 5.79. The first-order valence-electron chi connectivity index (χ1n) is 12.0. The number of carbonyl (C=O) groups excluding carboxylic acids is 1. The Morgan fingerprint density at radius 2 is 2.18 bits per heavy atom. The van der Waals surface area contributed by atoms with E-state index in [1.807, 2.05) is 41.0 Å². The minimum atomic E-state index is -0.656. The molecule has 7 heteroatoms. The Morgan fingerprint density at radius 3 is 2.91 bits per heavy atom. The molecule has 2 atom stereocenters. The van der Waals surface area contributed by atoms with Gasteiger partial charge in [0.15, 0.2) is 0 Å². The number of hydrogen-bond acceptors (Lipinski definition) is 6. The number of fused-ring (bicyclic) bond motifs is 1. The lowest BCUT2D eigenvalue weighted by atomic mass is 10.0. The molecule has 0 radical (unpaired) electrons. The van der Waals surface area contributed by atoms with E-state index in [0.717, 1.165) is 17.7 Å². The zero-order valence-corrected chi connectivity index (χ0v) is 21.4. The van der Waals surface area contributed by atoms with E-state index in [1.165, 1.54) is 10.4 Å². The van der Waals surface area contributed by atoms with Crippen LogP contribution in [-0.4, -0.2) is 72.9 Å². The highest BCUT2D eigenvalue weighted by atomic mass is 32.1. The fourth-order valence-electron chi connectivity index (χ4n) is 4.21. The number of amides is 1. The zero-order chi connectivity index (χ0) is 24.5. The van der Waals surface area contributed by atoms with Gasteiger partial charge in [-0.05, 0) is 54.0 Å². The molecule has 1 N–H and O–H groups in total. The van der Waals surface area contributed by atoms with Gasteiger partial charge in [-0.3, -0.25) is 9.69 Å². The first kappa shape index (κ1) is 26.4. The van der Waals surface area contributed by atoms with Crippen molar-refractivity contribution >= 4 is 17.2 Å². The van der Waals surface area contributed by atoms with Gasteiger partial charge >= 0.3 is 0 Å². The number of benzene rings is 1. The van der Waals surface area contributed by atoms with Crippen molar-refractivity contribution in [3.8, 4) is 5.75 Å². The first-order valence-corrected chi connectivity index (χ1v) is 12.9. The van der Waals surface area contributed by atoms with Crippen LogP contribution in [0.3, 0.4) is 0 Å². The second-order valence-electron chi connectivity index (χ2n) is 9.35. The topological polar surface area (TPSA) is 62.2 Å². The van der Waals surface area contributed by atoms with Gasteiger partial charge in [0, 0.05) is 31.1 Å². The lowest BCUT2D eigenvalue weighted by Gasteiger charge is -2.37. The SMILES string of the molecule is C=CCN(CC(=O)N1CCc2sccc2C1COc1cccc(C)c1)CC(O)COCC(C)C. The van der Waals surface area contributed by atoms with Gasteiger partial charge in [-0.25, -0.2) is 0 Å². The summed E-state index contributed by atoms with van der Waals surface area (Å²) in [6, 6.07) is 9.96.